The van der Waals surface area contributed by atoms with Gasteiger partial charge in [-0.05, 0) is 12.5 Å². The van der Waals surface area contributed by atoms with Crippen molar-refractivity contribution in [3.8, 4) is 6.07 Å². The van der Waals surface area contributed by atoms with Crippen LogP contribution < -0.4 is 0 Å². The summed E-state index contributed by atoms with van der Waals surface area (Å²) in [6.07, 6.45) is 0. The van der Waals surface area contributed by atoms with Crippen LogP contribution in [0.15, 0.2) is 0 Å². The monoisotopic (exact) mass is 329 g/mol. The lowest BCUT2D eigenvalue weighted by molar-refractivity contribution is 0.699. The van der Waals surface area contributed by atoms with Crippen LogP contribution in [0.2, 0.25) is 64.5 Å². The summed E-state index contributed by atoms with van der Waals surface area (Å²) < 4.78 is 0. The van der Waals surface area contributed by atoms with E-state index >= 15 is 0 Å². The van der Waals surface area contributed by atoms with Gasteiger partial charge in [-0.2, -0.15) is 5.26 Å². The molecule has 0 heterocycles. The number of nitrogens with zero attached hydrogens (tertiary/aromatic N) is 1. The van der Waals surface area contributed by atoms with E-state index in [0.29, 0.717) is 5.54 Å². The van der Waals surface area contributed by atoms with Crippen molar-refractivity contribution in [2.24, 2.45) is 5.92 Å². The molecule has 0 aromatic rings. The summed E-state index contributed by atoms with van der Waals surface area (Å²) in [5.74, 6) is 0.233. The van der Waals surface area contributed by atoms with Gasteiger partial charge < -0.3 is 0 Å². The van der Waals surface area contributed by atoms with Gasteiger partial charge in [-0.25, -0.2) is 0 Å². The van der Waals surface area contributed by atoms with Gasteiger partial charge >= 0.3 is 0 Å². The molecule has 0 saturated carbocycles. The van der Waals surface area contributed by atoms with E-state index in [0.717, 1.165) is 0 Å². The molecule has 112 valence electrons. The van der Waals surface area contributed by atoms with Gasteiger partial charge in [0.2, 0.25) is 0 Å². The Labute approximate surface area is 125 Å². The molecule has 0 aliphatic heterocycles. The van der Waals surface area contributed by atoms with Crippen molar-refractivity contribution in [1.29, 1.82) is 5.26 Å². The first kappa shape index (κ1) is 19.4. The van der Waals surface area contributed by atoms with Crippen LogP contribution in [-0.4, -0.2) is 29.4 Å². The minimum Gasteiger partial charge on any atom is -0.198 e. The maximum atomic E-state index is 9.48. The largest absolute Gasteiger partial charge is 0.198 e. The van der Waals surface area contributed by atoms with Crippen LogP contribution in [0.1, 0.15) is 13.8 Å². The number of rotatable bonds is 5. The number of nitriles is 1. The van der Waals surface area contributed by atoms with Crippen LogP contribution in [0.25, 0.3) is 0 Å². The van der Waals surface area contributed by atoms with Crippen LogP contribution >= 0.6 is 0 Å². The van der Waals surface area contributed by atoms with Gasteiger partial charge in [0, 0.05) is 35.3 Å². The van der Waals surface area contributed by atoms with Crippen molar-refractivity contribution in [2.75, 3.05) is 0 Å². The maximum absolute atomic E-state index is 9.48. The molecule has 0 aromatic heterocycles. The van der Waals surface area contributed by atoms with E-state index < -0.39 is 29.4 Å². The zero-order valence-corrected chi connectivity index (χ0v) is 19.1. The molecule has 5 heteroatoms. The highest BCUT2D eigenvalue weighted by atomic mass is 29.9. The highest BCUT2D eigenvalue weighted by Crippen LogP contribution is 2.47. The Kier molecular flexibility index (Phi) is 5.73. The normalized spacial score (nSPS) is 17.8. The summed E-state index contributed by atoms with van der Waals surface area (Å²) in [5, 5.41) is 9.48. The van der Waals surface area contributed by atoms with Crippen molar-refractivity contribution in [3.05, 3.63) is 0 Å². The average Bonchev–Trinajstić information content (AvgIpc) is 2.09. The van der Waals surface area contributed by atoms with E-state index in [9.17, 15) is 5.26 Å². The topological polar surface area (TPSA) is 23.8 Å². The third-order valence-electron chi connectivity index (χ3n) is 5.19. The third-order valence-corrected chi connectivity index (χ3v) is 80.0. The number of hydrogen-bond acceptors (Lipinski definition) is 1. The molecule has 0 aliphatic rings. The molecule has 0 aromatic carbocycles. The van der Waals surface area contributed by atoms with Gasteiger partial charge in [-0.15, -0.1) is 0 Å². The highest BCUT2D eigenvalue weighted by Gasteiger charge is 2.64. The van der Waals surface area contributed by atoms with Crippen LogP contribution in [0.5, 0.6) is 0 Å². The average molecular weight is 330 g/mol. The SMILES string of the molecule is C[C@H]([C@@H](C)C#N)[Si]([Si](C)(C)C)([Si](C)(C)C)[Si](C)(C)C. The summed E-state index contributed by atoms with van der Waals surface area (Å²) in [6, 6.07) is 2.59. The van der Waals surface area contributed by atoms with Crippen molar-refractivity contribution in [3.63, 3.8) is 0 Å². The van der Waals surface area contributed by atoms with Gasteiger partial charge in [-0.1, -0.05) is 65.8 Å². The van der Waals surface area contributed by atoms with Gasteiger partial charge in [0.25, 0.3) is 0 Å². The lowest BCUT2D eigenvalue weighted by Gasteiger charge is -2.61. The van der Waals surface area contributed by atoms with Crippen molar-refractivity contribution < 1.29 is 0 Å². The first-order valence-corrected chi connectivity index (χ1v) is 23.1. The molecule has 0 radical (unpaired) electrons. The molecule has 0 saturated heterocycles. The minimum absolute atomic E-state index is 0.233. The molecule has 2 atom stereocenters. The fourth-order valence-electron chi connectivity index (χ4n) is 5.91. The van der Waals surface area contributed by atoms with E-state index in [-0.39, 0.29) is 5.92 Å². The molecule has 0 N–H and O–H groups in total. The van der Waals surface area contributed by atoms with E-state index in [2.05, 4.69) is 78.8 Å². The predicted octanol–water partition coefficient (Wildman–Crippen LogP) is 5.23. The van der Waals surface area contributed by atoms with E-state index in [1.165, 1.54) is 0 Å². The van der Waals surface area contributed by atoms with Crippen molar-refractivity contribution in [2.45, 2.75) is 78.3 Å². The standard InChI is InChI=1S/C14H35NSi4/c1-13(12-15)14(2)19(16(3,4)5,17(6,7)8)18(9,10)11/h13-14H,1-11H3/t13-,14+/m0/s1. The molecule has 0 amide bonds. The fraction of sp³-hybridized carbons (Fsp3) is 0.929. The van der Waals surface area contributed by atoms with E-state index in [1.54, 1.807) is 0 Å². The minimum atomic E-state index is -1.39. The molecular weight excluding hydrogens is 295 g/mol. The quantitative estimate of drug-likeness (QED) is 0.633. The molecule has 0 fully saturated rings. The summed E-state index contributed by atoms with van der Waals surface area (Å²) >= 11 is 0. The van der Waals surface area contributed by atoms with Crippen LogP contribution in [-0.2, 0) is 0 Å². The molecule has 0 unspecified atom stereocenters. The van der Waals surface area contributed by atoms with Gasteiger partial charge in [-0.3, -0.25) is 0 Å². The van der Waals surface area contributed by atoms with Crippen LogP contribution in [0.3, 0.4) is 0 Å². The maximum Gasteiger partial charge on any atom is 0.0652 e. The van der Waals surface area contributed by atoms with E-state index in [4.69, 9.17) is 0 Å². The summed E-state index contributed by atoms with van der Waals surface area (Å²) in [5.41, 5.74) is 0.669. The zero-order valence-electron chi connectivity index (χ0n) is 15.1. The van der Waals surface area contributed by atoms with Gasteiger partial charge in [0.1, 0.15) is 0 Å². The second-order valence-electron chi connectivity index (χ2n) is 9.26. The second kappa shape index (κ2) is 5.62. The van der Waals surface area contributed by atoms with Crippen LogP contribution in [0, 0.1) is 17.2 Å². The fourth-order valence-corrected chi connectivity index (χ4v) is 113. The summed E-state index contributed by atoms with van der Waals surface area (Å²) in [7, 11) is -3.72. The molecular formula is C14H35NSi4. The first-order valence-electron chi connectivity index (χ1n) is 7.54. The molecule has 1 nitrogen and oxygen atoms in total. The Hall–Kier alpha value is 0.358. The Bertz CT molecular complexity index is 316. The number of hydrogen-bond donors (Lipinski definition) is 0. The first-order chi connectivity index (χ1) is 8.14. The molecule has 19 heavy (non-hydrogen) atoms. The predicted molar refractivity (Wildman–Crippen MR) is 100.0 cm³/mol. The molecule has 0 rings (SSSR count). The van der Waals surface area contributed by atoms with Crippen LogP contribution in [0.4, 0.5) is 0 Å². The third kappa shape index (κ3) is 3.17. The lowest BCUT2D eigenvalue weighted by Crippen LogP contribution is -2.84. The summed E-state index contributed by atoms with van der Waals surface area (Å²) in [6.45, 7) is 26.7. The molecule has 0 bridgehead atoms. The highest BCUT2D eigenvalue weighted by molar-refractivity contribution is 7.89. The molecule has 0 aliphatic carbocycles. The second-order valence-corrected chi connectivity index (χ2v) is 50.4. The Morgan fingerprint density at radius 1 is 0.684 bits per heavy atom. The smallest absolute Gasteiger partial charge is 0.0652 e. The summed E-state index contributed by atoms with van der Waals surface area (Å²) in [4.78, 5) is 0. The van der Waals surface area contributed by atoms with Crippen molar-refractivity contribution >= 4 is 29.4 Å². The molecule has 0 spiro atoms. The zero-order chi connectivity index (χ0) is 15.9. The Morgan fingerprint density at radius 3 is 1.11 bits per heavy atom. The van der Waals surface area contributed by atoms with Crippen molar-refractivity contribution in [1.82, 2.24) is 0 Å². The Balaban J connectivity index is 6.37. The van der Waals surface area contributed by atoms with E-state index in [1.807, 2.05) is 0 Å². The lowest BCUT2D eigenvalue weighted by atomic mass is 10.1. The van der Waals surface area contributed by atoms with Gasteiger partial charge in [0.15, 0.2) is 0 Å². The van der Waals surface area contributed by atoms with Gasteiger partial charge in [0.05, 0.1) is 6.07 Å². The Morgan fingerprint density at radius 2 is 0.947 bits per heavy atom.